The number of nitrogens with one attached hydrogen (secondary N) is 1. The van der Waals surface area contributed by atoms with Crippen LogP contribution in [0.4, 0.5) is 10.1 Å². The average Bonchev–Trinajstić information content (AvgIpc) is 3.25. The summed E-state index contributed by atoms with van der Waals surface area (Å²) in [6, 6.07) is 15.2. The van der Waals surface area contributed by atoms with E-state index in [1.807, 2.05) is 6.92 Å². The van der Waals surface area contributed by atoms with E-state index < -0.39 is 30.1 Å². The van der Waals surface area contributed by atoms with E-state index in [0.29, 0.717) is 27.6 Å². The van der Waals surface area contributed by atoms with Crippen LogP contribution < -0.4 is 10.1 Å². The summed E-state index contributed by atoms with van der Waals surface area (Å²) in [5.41, 5.74) is 3.24. The molecule has 11 heteroatoms. The highest BCUT2D eigenvalue weighted by molar-refractivity contribution is 6.31. The number of carboxylic acid groups (broad SMARTS) is 1. The maximum absolute atomic E-state index is 14.6. The van der Waals surface area contributed by atoms with Crippen LogP contribution >= 0.6 is 11.6 Å². The van der Waals surface area contributed by atoms with Gasteiger partial charge < -0.3 is 20.1 Å². The highest BCUT2D eigenvalue weighted by atomic mass is 35.5. The number of carbonyl (C=O) groups excluding carboxylic acids is 2. The van der Waals surface area contributed by atoms with E-state index in [1.165, 1.54) is 47.4 Å². The number of halogens is 2. The second kappa shape index (κ2) is 10.8. The van der Waals surface area contributed by atoms with Gasteiger partial charge in [0.05, 0.1) is 11.3 Å². The van der Waals surface area contributed by atoms with Crippen LogP contribution in [-0.4, -0.2) is 44.1 Å². The number of anilines is 1. The highest BCUT2D eigenvalue weighted by Crippen LogP contribution is 2.42. The SMILES string of the molecule is Cc1cc(Cl)cc2c1OCc1c(C(=O)N(CC(=O)Nc3cccc(C(=O)O)c3)Cc3ccccc3F)nn(C)c1-2. The first kappa shape index (κ1) is 26.9. The van der Waals surface area contributed by atoms with Gasteiger partial charge in [0, 0.05) is 41.0 Å². The van der Waals surface area contributed by atoms with Gasteiger partial charge >= 0.3 is 5.97 Å². The van der Waals surface area contributed by atoms with Crippen molar-refractivity contribution in [3.63, 3.8) is 0 Å². The fraction of sp³-hybridized carbons (Fsp3) is 0.172. The third-order valence-electron chi connectivity index (χ3n) is 6.54. The quantitative estimate of drug-likeness (QED) is 0.325. The number of hydrogen-bond acceptors (Lipinski definition) is 5. The summed E-state index contributed by atoms with van der Waals surface area (Å²) >= 11 is 6.30. The summed E-state index contributed by atoms with van der Waals surface area (Å²) in [4.78, 5) is 39.4. The molecule has 5 rings (SSSR count). The summed E-state index contributed by atoms with van der Waals surface area (Å²) in [5, 5.41) is 16.8. The van der Waals surface area contributed by atoms with Crippen LogP contribution in [0.5, 0.6) is 5.75 Å². The van der Waals surface area contributed by atoms with Gasteiger partial charge in [-0.05, 0) is 48.9 Å². The lowest BCUT2D eigenvalue weighted by atomic mass is 9.99. The lowest BCUT2D eigenvalue weighted by Crippen LogP contribution is -2.38. The molecule has 0 aliphatic carbocycles. The second-order valence-corrected chi connectivity index (χ2v) is 9.81. The monoisotopic (exact) mass is 562 g/mol. The molecule has 1 aliphatic rings. The largest absolute Gasteiger partial charge is 0.488 e. The Bertz CT molecular complexity index is 1670. The molecule has 1 aromatic heterocycles. The van der Waals surface area contributed by atoms with Crippen LogP contribution in [0.3, 0.4) is 0 Å². The summed E-state index contributed by atoms with van der Waals surface area (Å²) in [7, 11) is 1.70. The zero-order chi connectivity index (χ0) is 28.6. The number of aryl methyl sites for hydroxylation is 2. The number of amides is 2. The summed E-state index contributed by atoms with van der Waals surface area (Å²) < 4.78 is 22.1. The van der Waals surface area contributed by atoms with Gasteiger partial charge in [-0.2, -0.15) is 5.10 Å². The van der Waals surface area contributed by atoms with Crippen LogP contribution in [0.15, 0.2) is 60.7 Å². The van der Waals surface area contributed by atoms with Gasteiger partial charge in [-0.15, -0.1) is 0 Å². The predicted molar refractivity (Wildman–Crippen MR) is 146 cm³/mol. The minimum absolute atomic E-state index is 0.00664. The molecule has 0 atom stereocenters. The maximum atomic E-state index is 14.6. The molecule has 0 radical (unpaired) electrons. The van der Waals surface area contributed by atoms with E-state index in [1.54, 1.807) is 29.9 Å². The van der Waals surface area contributed by atoms with Gasteiger partial charge in [0.25, 0.3) is 5.91 Å². The molecule has 0 saturated heterocycles. The van der Waals surface area contributed by atoms with Crippen molar-refractivity contribution in [3.05, 3.63) is 99.5 Å². The molecule has 9 nitrogen and oxygen atoms in total. The zero-order valence-corrected chi connectivity index (χ0v) is 22.3. The minimum atomic E-state index is -1.15. The lowest BCUT2D eigenvalue weighted by molar-refractivity contribution is -0.117. The minimum Gasteiger partial charge on any atom is -0.488 e. The Labute approximate surface area is 233 Å². The van der Waals surface area contributed by atoms with Crippen molar-refractivity contribution in [3.8, 4) is 17.0 Å². The van der Waals surface area contributed by atoms with Crippen LogP contribution in [-0.2, 0) is 25.0 Å². The normalized spacial score (nSPS) is 11.7. The fourth-order valence-corrected chi connectivity index (χ4v) is 5.01. The van der Waals surface area contributed by atoms with Gasteiger partial charge in [0.1, 0.15) is 24.7 Å². The van der Waals surface area contributed by atoms with Crippen LogP contribution in [0, 0.1) is 12.7 Å². The van der Waals surface area contributed by atoms with E-state index >= 15 is 0 Å². The zero-order valence-electron chi connectivity index (χ0n) is 21.6. The first-order valence-corrected chi connectivity index (χ1v) is 12.6. The Balaban J connectivity index is 1.48. The molecule has 3 aromatic carbocycles. The van der Waals surface area contributed by atoms with Crippen molar-refractivity contribution in [1.29, 1.82) is 0 Å². The molecule has 2 N–H and O–H groups in total. The summed E-state index contributed by atoms with van der Waals surface area (Å²) in [5.74, 6) is -2.22. The number of benzene rings is 3. The fourth-order valence-electron chi connectivity index (χ4n) is 4.74. The van der Waals surface area contributed by atoms with Crippen molar-refractivity contribution in [2.75, 3.05) is 11.9 Å². The number of rotatable bonds is 7. The second-order valence-electron chi connectivity index (χ2n) is 9.37. The molecule has 40 heavy (non-hydrogen) atoms. The molecular formula is C29H24ClFN4O5. The smallest absolute Gasteiger partial charge is 0.335 e. The van der Waals surface area contributed by atoms with E-state index in [-0.39, 0.29) is 35.7 Å². The molecule has 2 amide bonds. The van der Waals surface area contributed by atoms with Crippen LogP contribution in [0.25, 0.3) is 11.3 Å². The molecular weight excluding hydrogens is 539 g/mol. The number of aromatic carboxylic acids is 1. The van der Waals surface area contributed by atoms with Crippen molar-refractivity contribution < 1.29 is 28.6 Å². The third kappa shape index (κ3) is 5.26. The Morgan fingerprint density at radius 2 is 1.93 bits per heavy atom. The Hall–Kier alpha value is -4.70. The number of carbonyl (C=O) groups is 3. The topological polar surface area (TPSA) is 114 Å². The Morgan fingerprint density at radius 3 is 2.67 bits per heavy atom. The standard InChI is InChI=1S/C29H24ClFN4O5/c1-16-10-19(30)12-21-26-22(15-40-27(16)21)25(33-34(26)2)28(37)35(13-18-6-3-4-9-23(18)31)14-24(36)32-20-8-5-7-17(11-20)29(38)39/h3-12H,13-15H2,1-2H3,(H,32,36)(H,38,39). The van der Waals surface area contributed by atoms with E-state index in [0.717, 1.165) is 5.56 Å². The van der Waals surface area contributed by atoms with Gasteiger partial charge in [0.15, 0.2) is 5.69 Å². The number of ether oxygens (including phenoxy) is 1. The van der Waals surface area contributed by atoms with Gasteiger partial charge in [-0.25, -0.2) is 9.18 Å². The summed E-state index contributed by atoms with van der Waals surface area (Å²) in [6.45, 7) is 1.29. The maximum Gasteiger partial charge on any atom is 0.335 e. The number of carboxylic acids is 1. The van der Waals surface area contributed by atoms with E-state index in [2.05, 4.69) is 10.4 Å². The van der Waals surface area contributed by atoms with Crippen LogP contribution in [0.2, 0.25) is 5.02 Å². The van der Waals surface area contributed by atoms with E-state index in [4.69, 9.17) is 16.3 Å². The highest BCUT2D eigenvalue weighted by Gasteiger charge is 2.32. The molecule has 0 fully saturated rings. The number of nitrogens with zero attached hydrogens (tertiary/aromatic N) is 3. The van der Waals surface area contributed by atoms with Crippen molar-refractivity contribution in [2.24, 2.45) is 7.05 Å². The van der Waals surface area contributed by atoms with Gasteiger partial charge in [-0.3, -0.25) is 14.3 Å². The number of aromatic nitrogens is 2. The molecule has 0 spiro atoms. The molecule has 0 bridgehead atoms. The molecule has 1 aliphatic heterocycles. The number of fused-ring (bicyclic) bond motifs is 3. The van der Waals surface area contributed by atoms with Crippen molar-refractivity contribution in [1.82, 2.24) is 14.7 Å². The molecule has 204 valence electrons. The molecule has 0 saturated carbocycles. The Morgan fingerprint density at radius 1 is 1.15 bits per heavy atom. The predicted octanol–water partition coefficient (Wildman–Crippen LogP) is 5.06. The molecule has 4 aromatic rings. The van der Waals surface area contributed by atoms with E-state index in [9.17, 15) is 23.9 Å². The van der Waals surface area contributed by atoms with Gasteiger partial charge in [0.2, 0.25) is 5.91 Å². The average molecular weight is 563 g/mol. The number of hydrogen-bond donors (Lipinski definition) is 2. The first-order chi connectivity index (χ1) is 19.1. The lowest BCUT2D eigenvalue weighted by Gasteiger charge is -2.24. The third-order valence-corrected chi connectivity index (χ3v) is 6.76. The molecule has 2 heterocycles. The van der Waals surface area contributed by atoms with Crippen molar-refractivity contribution in [2.45, 2.75) is 20.1 Å². The van der Waals surface area contributed by atoms with Crippen LogP contribution in [0.1, 0.15) is 37.5 Å². The molecule has 0 unspecified atom stereocenters. The van der Waals surface area contributed by atoms with Gasteiger partial charge in [-0.1, -0.05) is 35.9 Å². The summed E-state index contributed by atoms with van der Waals surface area (Å²) in [6.07, 6.45) is 0. The van der Waals surface area contributed by atoms with Crippen molar-refractivity contribution >= 4 is 35.1 Å². The first-order valence-electron chi connectivity index (χ1n) is 12.3. The Kier molecular flexibility index (Phi) is 7.27.